The molecular formula is C4H5N2O-. The van der Waals surface area contributed by atoms with Crippen molar-refractivity contribution < 1.29 is 0 Å². The van der Waals surface area contributed by atoms with Gasteiger partial charge < -0.3 is 10.3 Å². The van der Waals surface area contributed by atoms with Crippen LogP contribution in [0.4, 0.5) is 0 Å². The Balaban J connectivity index is 2.49. The Labute approximate surface area is 41.5 Å². The van der Waals surface area contributed by atoms with Crippen molar-refractivity contribution in [3.63, 3.8) is 0 Å². The lowest BCUT2D eigenvalue weighted by Crippen LogP contribution is -2.12. The van der Waals surface area contributed by atoms with Crippen molar-refractivity contribution in [2.75, 3.05) is 6.54 Å². The molecule has 0 unspecified atom stereocenters. The van der Waals surface area contributed by atoms with Gasteiger partial charge in [0.2, 0.25) is 0 Å². The Bertz CT molecular complexity index is 108. The van der Waals surface area contributed by atoms with E-state index in [-0.39, 0.29) is 0 Å². The molecule has 0 aromatic carbocycles. The third kappa shape index (κ3) is 1.01. The molecule has 0 saturated carbocycles. The second-order valence-corrected chi connectivity index (χ2v) is 1.23. The van der Waals surface area contributed by atoms with Gasteiger partial charge in [-0.15, -0.1) is 0 Å². The van der Waals surface area contributed by atoms with E-state index in [0.717, 1.165) is 5.06 Å². The molecule has 0 amide bonds. The van der Waals surface area contributed by atoms with Gasteiger partial charge in [0.15, 0.2) is 0 Å². The van der Waals surface area contributed by atoms with Gasteiger partial charge in [-0.25, -0.2) is 0 Å². The maximum Gasteiger partial charge on any atom is 0.0416 e. The molecule has 0 aromatic rings. The van der Waals surface area contributed by atoms with Crippen molar-refractivity contribution in [3.8, 4) is 0 Å². The Morgan fingerprint density at radius 3 is 2.86 bits per heavy atom. The highest BCUT2D eigenvalue weighted by Crippen LogP contribution is 1.88. The van der Waals surface area contributed by atoms with E-state index in [0.29, 0.717) is 6.54 Å². The van der Waals surface area contributed by atoms with E-state index >= 15 is 0 Å². The Morgan fingerprint density at radius 1 is 1.71 bits per heavy atom. The van der Waals surface area contributed by atoms with E-state index in [9.17, 15) is 5.21 Å². The molecule has 0 spiro atoms. The van der Waals surface area contributed by atoms with Crippen LogP contribution in [0.15, 0.2) is 17.4 Å². The van der Waals surface area contributed by atoms with Crippen LogP contribution in [0.3, 0.4) is 0 Å². The zero-order chi connectivity index (χ0) is 5.11. The summed E-state index contributed by atoms with van der Waals surface area (Å²) in [6.07, 6.45) is 4.42. The lowest BCUT2D eigenvalue weighted by atomic mass is 10.6. The molecule has 1 aliphatic heterocycles. The quantitative estimate of drug-likeness (QED) is 0.437. The van der Waals surface area contributed by atoms with Gasteiger partial charge in [0.25, 0.3) is 0 Å². The Hall–Kier alpha value is -0.830. The zero-order valence-electron chi connectivity index (χ0n) is 3.74. The summed E-state index contributed by atoms with van der Waals surface area (Å²) in [6, 6.07) is 0. The van der Waals surface area contributed by atoms with Crippen LogP contribution in [0, 0.1) is 5.21 Å². The molecule has 1 rings (SSSR count). The number of rotatable bonds is 0. The van der Waals surface area contributed by atoms with Crippen LogP contribution >= 0.6 is 0 Å². The van der Waals surface area contributed by atoms with Gasteiger partial charge in [-0.3, -0.25) is 4.99 Å². The standard InChI is InChI=1S/C4H5N2O/c7-6-3-1-5-2-4-6/h1-3H,4H2/q-1. The summed E-state index contributed by atoms with van der Waals surface area (Å²) < 4.78 is 0. The average molecular weight is 97.1 g/mol. The minimum atomic E-state index is 0.385. The largest absolute Gasteiger partial charge is 0.758 e. The molecule has 0 atom stereocenters. The summed E-state index contributed by atoms with van der Waals surface area (Å²) >= 11 is 0. The van der Waals surface area contributed by atoms with E-state index in [4.69, 9.17) is 0 Å². The highest BCUT2D eigenvalue weighted by Gasteiger charge is 1.81. The molecule has 0 fully saturated rings. The first kappa shape index (κ1) is 4.33. The summed E-state index contributed by atoms with van der Waals surface area (Å²) in [5.41, 5.74) is 0. The van der Waals surface area contributed by atoms with E-state index < -0.39 is 0 Å². The van der Waals surface area contributed by atoms with Gasteiger partial charge in [-0.05, 0) is 0 Å². The van der Waals surface area contributed by atoms with Crippen molar-refractivity contribution in [1.29, 1.82) is 0 Å². The van der Waals surface area contributed by atoms with E-state index in [2.05, 4.69) is 4.99 Å². The van der Waals surface area contributed by atoms with Crippen LogP contribution in [0.25, 0.3) is 0 Å². The van der Waals surface area contributed by atoms with Gasteiger partial charge in [-0.2, -0.15) is 0 Å². The van der Waals surface area contributed by atoms with Crippen LogP contribution in [-0.4, -0.2) is 17.8 Å². The van der Waals surface area contributed by atoms with Gasteiger partial charge >= 0.3 is 0 Å². The van der Waals surface area contributed by atoms with Crippen LogP contribution in [0.2, 0.25) is 0 Å². The number of nitrogens with zero attached hydrogens (tertiary/aromatic N) is 2. The predicted octanol–water partition coefficient (Wildman–Crippen LogP) is 0.342. The highest BCUT2D eigenvalue weighted by atomic mass is 16.5. The van der Waals surface area contributed by atoms with Gasteiger partial charge in [0, 0.05) is 25.2 Å². The van der Waals surface area contributed by atoms with Crippen molar-refractivity contribution in [2.45, 2.75) is 0 Å². The third-order valence-electron chi connectivity index (χ3n) is 0.686. The molecule has 0 aromatic heterocycles. The fourth-order valence-corrected chi connectivity index (χ4v) is 0.362. The Morgan fingerprint density at radius 2 is 2.57 bits per heavy atom. The fourth-order valence-electron chi connectivity index (χ4n) is 0.362. The fraction of sp³-hybridized carbons (Fsp3) is 0.250. The first-order valence-corrected chi connectivity index (χ1v) is 2.01. The Kier molecular flexibility index (Phi) is 1.08. The average Bonchev–Trinajstić information content (AvgIpc) is 1.69. The SMILES string of the molecule is [O-]N1C=CN=CC1. The third-order valence-corrected chi connectivity index (χ3v) is 0.686. The molecule has 3 nitrogen and oxygen atoms in total. The van der Waals surface area contributed by atoms with Crippen molar-refractivity contribution in [3.05, 3.63) is 17.6 Å². The number of hydrogen-bond acceptors (Lipinski definition) is 3. The summed E-state index contributed by atoms with van der Waals surface area (Å²) in [5, 5.41) is 11.0. The molecule has 0 saturated heterocycles. The van der Waals surface area contributed by atoms with Crippen molar-refractivity contribution >= 4 is 6.21 Å². The topological polar surface area (TPSA) is 38.7 Å². The number of hydrogen-bond donors (Lipinski definition) is 0. The summed E-state index contributed by atoms with van der Waals surface area (Å²) in [4.78, 5) is 3.68. The molecule has 0 N–H and O–H groups in total. The first-order valence-electron chi connectivity index (χ1n) is 2.01. The summed E-state index contributed by atoms with van der Waals surface area (Å²) in [5.74, 6) is 0. The van der Waals surface area contributed by atoms with Gasteiger partial charge in [0.05, 0.1) is 0 Å². The smallest absolute Gasteiger partial charge is 0.0416 e. The lowest BCUT2D eigenvalue weighted by Gasteiger charge is -2.24. The van der Waals surface area contributed by atoms with Crippen LogP contribution < -0.4 is 0 Å². The minimum absolute atomic E-state index is 0.385. The van der Waals surface area contributed by atoms with Gasteiger partial charge in [-0.1, -0.05) is 0 Å². The first-order chi connectivity index (χ1) is 3.39. The molecule has 0 aliphatic carbocycles. The van der Waals surface area contributed by atoms with Crippen LogP contribution in [0.1, 0.15) is 0 Å². The van der Waals surface area contributed by atoms with E-state index in [1.54, 1.807) is 6.21 Å². The summed E-state index contributed by atoms with van der Waals surface area (Å²) in [7, 11) is 0. The molecule has 38 valence electrons. The molecule has 0 bridgehead atoms. The van der Waals surface area contributed by atoms with E-state index in [1.165, 1.54) is 12.4 Å². The molecule has 0 radical (unpaired) electrons. The normalized spacial score (nSPS) is 18.1. The monoisotopic (exact) mass is 97.0 g/mol. The molecule has 1 aliphatic rings. The molecule has 3 heteroatoms. The minimum Gasteiger partial charge on any atom is -0.758 e. The second kappa shape index (κ2) is 1.75. The van der Waals surface area contributed by atoms with Crippen molar-refractivity contribution in [1.82, 2.24) is 5.06 Å². The van der Waals surface area contributed by atoms with Gasteiger partial charge in [0.1, 0.15) is 0 Å². The number of aliphatic imine (C=N–C) groups is 1. The maximum absolute atomic E-state index is 10.2. The number of hydroxylamine groups is 2. The highest BCUT2D eigenvalue weighted by molar-refractivity contribution is 5.61. The van der Waals surface area contributed by atoms with Crippen LogP contribution in [0.5, 0.6) is 0 Å². The van der Waals surface area contributed by atoms with E-state index in [1.807, 2.05) is 0 Å². The second-order valence-electron chi connectivity index (χ2n) is 1.23. The van der Waals surface area contributed by atoms with Crippen LogP contribution in [-0.2, 0) is 0 Å². The van der Waals surface area contributed by atoms with Crippen molar-refractivity contribution in [2.24, 2.45) is 4.99 Å². The summed E-state index contributed by atoms with van der Waals surface area (Å²) in [6.45, 7) is 0.385. The zero-order valence-corrected chi connectivity index (χ0v) is 3.74. The molecular weight excluding hydrogens is 92.1 g/mol. The predicted molar refractivity (Wildman–Crippen MR) is 27.7 cm³/mol. The molecule has 7 heavy (non-hydrogen) atoms. The lowest BCUT2D eigenvalue weighted by molar-refractivity contribution is 0.583. The maximum atomic E-state index is 10.2. The molecule has 1 heterocycles.